The molecule has 0 bridgehead atoms. The summed E-state index contributed by atoms with van der Waals surface area (Å²) in [6, 6.07) is 0. The number of hydrogen-bond acceptors (Lipinski definition) is 8. The predicted octanol–water partition coefficient (Wildman–Crippen LogP) is 4.71. The summed E-state index contributed by atoms with van der Waals surface area (Å²) in [4.78, 5) is 16.2. The van der Waals surface area contributed by atoms with Gasteiger partial charge in [0, 0.05) is 25.9 Å². The molecule has 8 nitrogen and oxygen atoms in total. The predicted molar refractivity (Wildman–Crippen MR) is 144 cm³/mol. The van der Waals surface area contributed by atoms with Crippen molar-refractivity contribution in [3.63, 3.8) is 0 Å². The van der Waals surface area contributed by atoms with Crippen LogP contribution in [0.1, 0.15) is 65.2 Å². The highest BCUT2D eigenvalue weighted by atomic mass is 19.2. The van der Waals surface area contributed by atoms with Crippen LogP contribution in [0.15, 0.2) is 12.7 Å². The molecule has 2 aromatic heterocycles. The van der Waals surface area contributed by atoms with E-state index in [1.165, 1.54) is 45.1 Å². The molecule has 0 saturated carbocycles. The Kier molecular flexibility index (Phi) is 15.8. The first-order valence-corrected chi connectivity index (χ1v) is 13.4. The molecule has 2 aromatic rings. The third-order valence-corrected chi connectivity index (χ3v) is 5.48. The van der Waals surface area contributed by atoms with Gasteiger partial charge in [-0.15, -0.1) is 11.8 Å². The van der Waals surface area contributed by atoms with Crippen LogP contribution >= 0.6 is 0 Å². The van der Waals surface area contributed by atoms with Gasteiger partial charge < -0.3 is 19.7 Å². The third-order valence-electron chi connectivity index (χ3n) is 5.48. The van der Waals surface area contributed by atoms with Crippen molar-refractivity contribution in [2.75, 3.05) is 44.3 Å². The van der Waals surface area contributed by atoms with Crippen LogP contribution in [-0.2, 0) is 0 Å². The monoisotopic (exact) mass is 546 g/mol. The summed E-state index contributed by atoms with van der Waals surface area (Å²) in [6.07, 6.45) is 11.2. The lowest BCUT2D eigenvalue weighted by Crippen LogP contribution is -2.31. The first-order chi connectivity index (χ1) is 19.1. The maximum atomic E-state index is 14.2. The number of nitrogens with zero attached hydrogens (tertiary/aromatic N) is 5. The SMILES string of the molecule is C1CCNCC1.CCC#CCOc1ncnc(F)c1F.CCC#CCOc1ncnc(N2CCCCC2)c1F. The lowest BCUT2D eigenvalue weighted by molar-refractivity contribution is 0.317. The van der Waals surface area contributed by atoms with Gasteiger partial charge in [0.15, 0.2) is 19.0 Å². The Labute approximate surface area is 229 Å². The highest BCUT2D eigenvalue weighted by molar-refractivity contribution is 5.43. The van der Waals surface area contributed by atoms with Crippen LogP contribution in [0.25, 0.3) is 0 Å². The van der Waals surface area contributed by atoms with Gasteiger partial charge in [0.2, 0.25) is 11.6 Å². The van der Waals surface area contributed by atoms with E-state index in [-0.39, 0.29) is 19.1 Å². The molecule has 39 heavy (non-hydrogen) atoms. The van der Waals surface area contributed by atoms with Crippen LogP contribution in [-0.4, -0.2) is 59.3 Å². The summed E-state index contributed by atoms with van der Waals surface area (Å²) in [5, 5.41) is 3.28. The Hall–Kier alpha value is -3.57. The molecule has 0 radical (unpaired) electrons. The summed E-state index contributed by atoms with van der Waals surface area (Å²) >= 11 is 0. The molecule has 0 unspecified atom stereocenters. The molecule has 2 saturated heterocycles. The van der Waals surface area contributed by atoms with Crippen LogP contribution in [0.4, 0.5) is 19.0 Å². The molecular weight excluding hydrogens is 509 g/mol. The van der Waals surface area contributed by atoms with Crippen molar-refractivity contribution in [3.8, 4) is 35.4 Å². The lowest BCUT2D eigenvalue weighted by Gasteiger charge is -2.27. The summed E-state index contributed by atoms with van der Waals surface area (Å²) < 4.78 is 49.6. The Morgan fingerprint density at radius 3 is 1.77 bits per heavy atom. The molecule has 2 aliphatic rings. The number of aromatic nitrogens is 4. The van der Waals surface area contributed by atoms with E-state index in [2.05, 4.69) is 48.9 Å². The normalized spacial score (nSPS) is 14.1. The molecule has 4 heterocycles. The van der Waals surface area contributed by atoms with Crippen molar-refractivity contribution in [2.45, 2.75) is 65.2 Å². The van der Waals surface area contributed by atoms with Crippen molar-refractivity contribution >= 4 is 5.82 Å². The molecule has 0 atom stereocenters. The summed E-state index contributed by atoms with van der Waals surface area (Å²) in [5.41, 5.74) is 0. The molecule has 1 N–H and O–H groups in total. The maximum absolute atomic E-state index is 14.2. The molecule has 2 fully saturated rings. The average molecular weight is 547 g/mol. The minimum absolute atomic E-state index is 0.0127. The third kappa shape index (κ3) is 12.2. The van der Waals surface area contributed by atoms with E-state index in [0.717, 1.165) is 38.7 Å². The van der Waals surface area contributed by atoms with Gasteiger partial charge in [0.25, 0.3) is 17.7 Å². The van der Waals surface area contributed by atoms with Crippen molar-refractivity contribution < 1.29 is 22.6 Å². The minimum atomic E-state index is -1.22. The molecule has 212 valence electrons. The summed E-state index contributed by atoms with van der Waals surface area (Å²) in [7, 11) is 0. The summed E-state index contributed by atoms with van der Waals surface area (Å²) in [6.45, 7) is 8.14. The fraction of sp³-hybridized carbons (Fsp3) is 0.571. The van der Waals surface area contributed by atoms with Gasteiger partial charge in [-0.05, 0) is 45.2 Å². The standard InChI is InChI=1S/C14H18FN3O.C9H8F2N2O.C5H11N/c1-2-3-7-10-19-14-12(15)13(16-11-17-14)18-8-5-4-6-9-18;1-2-3-4-5-14-9-7(10)8(11)12-6-13-9;1-2-4-6-5-3-1/h11H,2,4-6,8-10H2,1H3;6H,2,5H2,1H3;6H,1-5H2. The highest BCUT2D eigenvalue weighted by Gasteiger charge is 2.20. The van der Waals surface area contributed by atoms with Gasteiger partial charge in [-0.2, -0.15) is 23.1 Å². The van der Waals surface area contributed by atoms with Gasteiger partial charge in [-0.1, -0.05) is 32.1 Å². The fourth-order valence-electron chi connectivity index (χ4n) is 3.57. The first-order valence-electron chi connectivity index (χ1n) is 13.4. The number of hydrogen-bond donors (Lipinski definition) is 1. The Morgan fingerprint density at radius 2 is 1.26 bits per heavy atom. The van der Waals surface area contributed by atoms with Gasteiger partial charge >= 0.3 is 0 Å². The Balaban J connectivity index is 0.000000232. The average Bonchev–Trinajstić information content (AvgIpc) is 2.98. The number of halogens is 3. The molecule has 2 aliphatic heterocycles. The largest absolute Gasteiger partial charge is 0.462 e. The Bertz CT molecular complexity index is 1090. The minimum Gasteiger partial charge on any atom is -0.462 e. The molecule has 0 amide bonds. The van der Waals surface area contributed by atoms with E-state index in [1.807, 2.05) is 18.7 Å². The summed E-state index contributed by atoms with van der Waals surface area (Å²) in [5.74, 6) is 8.01. The number of ether oxygens (including phenoxy) is 2. The molecule has 0 aliphatic carbocycles. The lowest BCUT2D eigenvalue weighted by atomic mass is 10.1. The van der Waals surface area contributed by atoms with Crippen molar-refractivity contribution in [3.05, 3.63) is 30.2 Å². The van der Waals surface area contributed by atoms with E-state index in [0.29, 0.717) is 12.2 Å². The zero-order chi connectivity index (χ0) is 28.1. The molecule has 0 spiro atoms. The second-order valence-corrected chi connectivity index (χ2v) is 8.45. The van der Waals surface area contributed by atoms with Gasteiger partial charge in [0.1, 0.15) is 12.7 Å². The van der Waals surface area contributed by atoms with E-state index in [4.69, 9.17) is 9.47 Å². The van der Waals surface area contributed by atoms with Gasteiger partial charge in [0.05, 0.1) is 0 Å². The van der Waals surface area contributed by atoms with Crippen LogP contribution in [0, 0.1) is 41.3 Å². The highest BCUT2D eigenvalue weighted by Crippen LogP contribution is 2.25. The van der Waals surface area contributed by atoms with Crippen LogP contribution < -0.4 is 19.7 Å². The first kappa shape index (κ1) is 31.6. The quantitative estimate of drug-likeness (QED) is 0.427. The van der Waals surface area contributed by atoms with E-state index in [9.17, 15) is 13.2 Å². The van der Waals surface area contributed by atoms with E-state index >= 15 is 0 Å². The van der Waals surface area contributed by atoms with E-state index in [1.54, 1.807) is 0 Å². The van der Waals surface area contributed by atoms with Crippen LogP contribution in [0.2, 0.25) is 0 Å². The van der Waals surface area contributed by atoms with Gasteiger partial charge in [-0.3, -0.25) is 0 Å². The molecular formula is C28H37F3N6O2. The number of nitrogens with one attached hydrogen (secondary N) is 1. The van der Waals surface area contributed by atoms with Crippen molar-refractivity contribution in [1.82, 2.24) is 25.3 Å². The maximum Gasteiger partial charge on any atom is 0.257 e. The van der Waals surface area contributed by atoms with E-state index < -0.39 is 23.5 Å². The fourth-order valence-corrected chi connectivity index (χ4v) is 3.57. The molecule has 4 rings (SSSR count). The van der Waals surface area contributed by atoms with Crippen molar-refractivity contribution in [2.24, 2.45) is 0 Å². The van der Waals surface area contributed by atoms with Gasteiger partial charge in [-0.25, -0.2) is 9.97 Å². The second kappa shape index (κ2) is 19.5. The topological polar surface area (TPSA) is 85.3 Å². The second-order valence-electron chi connectivity index (χ2n) is 8.45. The van der Waals surface area contributed by atoms with Crippen LogP contribution in [0.5, 0.6) is 11.8 Å². The zero-order valence-corrected chi connectivity index (χ0v) is 22.7. The van der Waals surface area contributed by atoms with Crippen molar-refractivity contribution in [1.29, 1.82) is 0 Å². The number of piperidine rings is 2. The molecule has 0 aromatic carbocycles. The smallest absolute Gasteiger partial charge is 0.257 e. The zero-order valence-electron chi connectivity index (χ0n) is 22.7. The Morgan fingerprint density at radius 1 is 0.718 bits per heavy atom. The number of rotatable bonds is 5. The van der Waals surface area contributed by atoms with Crippen LogP contribution in [0.3, 0.4) is 0 Å². The number of anilines is 1. The molecule has 11 heteroatoms.